The first-order chi connectivity index (χ1) is 13.2. The van der Waals surface area contributed by atoms with Crippen molar-refractivity contribution in [3.05, 3.63) is 83.6 Å². The van der Waals surface area contributed by atoms with Crippen molar-refractivity contribution >= 4 is 33.5 Å². The van der Waals surface area contributed by atoms with Gasteiger partial charge in [0.15, 0.2) is 0 Å². The van der Waals surface area contributed by atoms with E-state index >= 15 is 0 Å². The Hall–Kier alpha value is -2.95. The number of aromatic amines is 1. The van der Waals surface area contributed by atoms with Crippen LogP contribution < -0.4 is 5.73 Å². The van der Waals surface area contributed by atoms with Crippen molar-refractivity contribution in [2.24, 2.45) is 5.73 Å². The number of hydrogen-bond acceptors (Lipinski definition) is 3. The number of para-hydroxylation sites is 2. The summed E-state index contributed by atoms with van der Waals surface area (Å²) in [6, 6.07) is 23.8. The Bertz CT molecular complexity index is 1150. The molecule has 0 aliphatic carbocycles. The lowest BCUT2D eigenvalue weighted by Gasteiger charge is -2.05. The van der Waals surface area contributed by atoms with Gasteiger partial charge in [0.25, 0.3) is 0 Å². The molecule has 134 valence electrons. The van der Waals surface area contributed by atoms with Crippen LogP contribution in [0.15, 0.2) is 72.8 Å². The highest BCUT2D eigenvalue weighted by atomic mass is 35.5. The molecule has 1 heterocycles. The van der Waals surface area contributed by atoms with Crippen LogP contribution in [0.3, 0.4) is 0 Å². The molecule has 5 heteroatoms. The minimum Gasteiger partial charge on any atom is -0.353 e. The molecule has 0 radical (unpaired) electrons. The minimum atomic E-state index is 0.482. The van der Waals surface area contributed by atoms with Crippen LogP contribution in [-0.4, -0.2) is 21.5 Å². The average Bonchev–Trinajstić information content (AvgIpc) is 2.75. The lowest BCUT2D eigenvalue weighted by Crippen LogP contribution is -2.05. The summed E-state index contributed by atoms with van der Waals surface area (Å²) in [6.07, 6.45) is 0.594. The molecule has 1 aromatic heterocycles. The van der Waals surface area contributed by atoms with Gasteiger partial charge >= 0.3 is 0 Å². The number of nitrogens with two attached hydrogens (primary N) is 1. The van der Waals surface area contributed by atoms with Crippen molar-refractivity contribution < 1.29 is 0 Å². The van der Waals surface area contributed by atoms with E-state index in [1.807, 2.05) is 60.7 Å². The second-order valence-corrected chi connectivity index (χ2v) is 6.66. The molecule has 4 rings (SSSR count). The van der Waals surface area contributed by atoms with E-state index in [0.29, 0.717) is 23.8 Å². The Labute approximate surface area is 162 Å². The maximum absolute atomic E-state index is 6.33. The first-order valence-electron chi connectivity index (χ1n) is 8.82. The molecule has 3 aromatic carbocycles. The van der Waals surface area contributed by atoms with Gasteiger partial charge in [-0.1, -0.05) is 54.1 Å². The highest BCUT2D eigenvalue weighted by Gasteiger charge is 2.07. The summed E-state index contributed by atoms with van der Waals surface area (Å²) in [4.78, 5) is 13.1. The summed E-state index contributed by atoms with van der Waals surface area (Å²) in [5.74, 6) is 0.699. The monoisotopic (exact) mass is 374 g/mol. The van der Waals surface area contributed by atoms with Gasteiger partial charge in [0.2, 0.25) is 0 Å². The van der Waals surface area contributed by atoms with Crippen LogP contribution in [-0.2, 0) is 6.42 Å². The quantitative estimate of drug-likeness (QED) is 0.526. The molecule has 0 amide bonds. The predicted octanol–water partition coefficient (Wildman–Crippen LogP) is 5.06. The predicted molar refractivity (Wildman–Crippen MR) is 112 cm³/mol. The van der Waals surface area contributed by atoms with Crippen molar-refractivity contribution in [2.75, 3.05) is 6.54 Å². The molecular weight excluding hydrogens is 356 g/mol. The molecule has 0 unspecified atom stereocenters. The number of fused-ring (bicyclic) bond motifs is 2. The lowest BCUT2D eigenvalue weighted by molar-refractivity contribution is 0.890. The summed E-state index contributed by atoms with van der Waals surface area (Å²) in [7, 11) is 0. The van der Waals surface area contributed by atoms with Crippen molar-refractivity contribution in [3.8, 4) is 11.3 Å². The lowest BCUT2D eigenvalue weighted by atomic mass is 10.1. The second-order valence-electron chi connectivity index (χ2n) is 6.22. The Morgan fingerprint density at radius 1 is 0.852 bits per heavy atom. The third-order valence-corrected chi connectivity index (χ3v) is 4.56. The van der Waals surface area contributed by atoms with Gasteiger partial charge in [-0.05, 0) is 42.4 Å². The summed E-state index contributed by atoms with van der Waals surface area (Å²) >= 11 is 6.33. The van der Waals surface area contributed by atoms with E-state index in [-0.39, 0.29) is 0 Å². The Kier molecular flexibility index (Phi) is 5.01. The third kappa shape index (κ3) is 3.77. The smallest absolute Gasteiger partial charge is 0.131 e. The number of rotatable bonds is 3. The fourth-order valence-corrected chi connectivity index (χ4v) is 3.23. The molecule has 0 aliphatic rings. The Balaban J connectivity index is 2.23. The molecule has 4 aromatic rings. The van der Waals surface area contributed by atoms with Gasteiger partial charge in [-0.2, -0.15) is 0 Å². The Morgan fingerprint density at radius 2 is 1.59 bits per heavy atom. The molecule has 27 heavy (non-hydrogen) atoms. The summed E-state index contributed by atoms with van der Waals surface area (Å²) in [6.45, 7) is 0.482. The summed E-state index contributed by atoms with van der Waals surface area (Å²) in [5, 5.41) is 1.58. The molecule has 0 saturated carbocycles. The fourth-order valence-electron chi connectivity index (χ4n) is 3.06. The number of benzene rings is 3. The molecule has 0 bridgehead atoms. The SMILES string of the molecule is NCCc1nc2ccccc2[nH]c(-c2ccccc2)c2cc(Cl)ccc2n1. The van der Waals surface area contributed by atoms with Gasteiger partial charge in [-0.3, -0.25) is 0 Å². The number of aromatic nitrogens is 3. The summed E-state index contributed by atoms with van der Waals surface area (Å²) < 4.78 is 0. The maximum atomic E-state index is 6.33. The van der Waals surface area contributed by atoms with Gasteiger partial charge < -0.3 is 10.7 Å². The van der Waals surface area contributed by atoms with Crippen molar-refractivity contribution in [1.29, 1.82) is 0 Å². The average molecular weight is 375 g/mol. The maximum Gasteiger partial charge on any atom is 0.131 e. The molecule has 0 aliphatic heterocycles. The number of nitrogens with one attached hydrogen (secondary N) is 1. The van der Waals surface area contributed by atoms with E-state index < -0.39 is 0 Å². The van der Waals surface area contributed by atoms with Crippen LogP contribution in [0.25, 0.3) is 33.2 Å². The van der Waals surface area contributed by atoms with Crippen LogP contribution >= 0.6 is 11.6 Å². The van der Waals surface area contributed by atoms with Gasteiger partial charge in [0.05, 0.1) is 22.2 Å². The zero-order valence-corrected chi connectivity index (χ0v) is 15.4. The van der Waals surface area contributed by atoms with Gasteiger partial charge in [0.1, 0.15) is 5.82 Å². The second kappa shape index (κ2) is 7.74. The van der Waals surface area contributed by atoms with Crippen LogP contribution in [0.1, 0.15) is 5.82 Å². The molecule has 0 spiro atoms. The van der Waals surface area contributed by atoms with Crippen LogP contribution in [0.2, 0.25) is 5.02 Å². The fraction of sp³-hybridized carbons (Fsp3) is 0.0909. The molecule has 0 saturated heterocycles. The highest BCUT2D eigenvalue weighted by Crippen LogP contribution is 2.27. The number of halogens is 1. The van der Waals surface area contributed by atoms with E-state index in [2.05, 4.69) is 17.1 Å². The molecule has 4 nitrogen and oxygen atoms in total. The minimum absolute atomic E-state index is 0.482. The normalized spacial score (nSPS) is 10.9. The van der Waals surface area contributed by atoms with Crippen LogP contribution in [0.4, 0.5) is 0 Å². The molecule has 0 atom stereocenters. The van der Waals surface area contributed by atoms with Crippen molar-refractivity contribution in [1.82, 2.24) is 15.0 Å². The highest BCUT2D eigenvalue weighted by molar-refractivity contribution is 6.31. The van der Waals surface area contributed by atoms with Crippen molar-refractivity contribution in [3.63, 3.8) is 0 Å². The van der Waals surface area contributed by atoms with E-state index in [0.717, 1.165) is 33.2 Å². The van der Waals surface area contributed by atoms with Gasteiger partial charge in [-0.25, -0.2) is 9.97 Å². The molecule has 3 N–H and O–H groups in total. The van der Waals surface area contributed by atoms with E-state index in [1.54, 1.807) is 0 Å². The van der Waals surface area contributed by atoms with Gasteiger partial charge in [0, 0.05) is 16.8 Å². The topological polar surface area (TPSA) is 67.6 Å². The van der Waals surface area contributed by atoms with E-state index in [9.17, 15) is 0 Å². The standard InChI is InChI=1S/C22H19ClN4/c23-16-10-11-18-17(14-16)22(15-6-2-1-3-7-15)27-20-9-5-4-8-19(20)26-21(25-18)12-13-24/h1-11,14,27H,12-13,24H2. The first kappa shape index (κ1) is 17.5. The molecular formula is C22H19ClN4. The van der Waals surface area contributed by atoms with Crippen LogP contribution in [0, 0.1) is 0 Å². The zero-order valence-electron chi connectivity index (χ0n) is 14.7. The van der Waals surface area contributed by atoms with Crippen LogP contribution in [0.5, 0.6) is 0 Å². The number of nitrogens with zero attached hydrogens (tertiary/aromatic N) is 2. The van der Waals surface area contributed by atoms with E-state index in [1.165, 1.54) is 0 Å². The van der Waals surface area contributed by atoms with Crippen molar-refractivity contribution in [2.45, 2.75) is 6.42 Å². The van der Waals surface area contributed by atoms with Gasteiger partial charge in [-0.15, -0.1) is 0 Å². The zero-order chi connectivity index (χ0) is 18.6. The third-order valence-electron chi connectivity index (χ3n) is 4.32. The first-order valence-corrected chi connectivity index (χ1v) is 9.20. The Morgan fingerprint density at radius 3 is 2.41 bits per heavy atom. The molecule has 0 fully saturated rings. The summed E-state index contributed by atoms with van der Waals surface area (Å²) in [5.41, 5.74) is 10.3. The number of hydrogen-bond donors (Lipinski definition) is 2. The number of H-pyrrole nitrogens is 1. The van der Waals surface area contributed by atoms with E-state index in [4.69, 9.17) is 27.3 Å². The largest absolute Gasteiger partial charge is 0.353 e.